The Morgan fingerprint density at radius 3 is 2.31 bits per heavy atom. The van der Waals surface area contributed by atoms with Crippen LogP contribution in [0.3, 0.4) is 0 Å². The molecule has 3 rings (SSSR count). The molecule has 2 aromatic carbocycles. The summed E-state index contributed by atoms with van der Waals surface area (Å²) in [6.07, 6.45) is -4.83. The van der Waals surface area contributed by atoms with E-state index in [2.05, 4.69) is 15.2 Å². The van der Waals surface area contributed by atoms with E-state index in [1.807, 2.05) is 0 Å². The third-order valence-electron chi connectivity index (χ3n) is 3.82. The molecule has 1 heterocycles. The van der Waals surface area contributed by atoms with Gasteiger partial charge in [0.1, 0.15) is 22.9 Å². The summed E-state index contributed by atoms with van der Waals surface area (Å²) in [6.45, 7) is 1.35. The van der Waals surface area contributed by atoms with Crippen LogP contribution in [0.25, 0.3) is 11.3 Å². The van der Waals surface area contributed by atoms with Crippen molar-refractivity contribution in [1.29, 1.82) is 0 Å². The van der Waals surface area contributed by atoms with Gasteiger partial charge in [-0.1, -0.05) is 5.16 Å². The Morgan fingerprint density at radius 1 is 1.10 bits per heavy atom. The quantitative estimate of drug-likeness (QED) is 0.614. The number of amides is 1. The first-order chi connectivity index (χ1) is 13.6. The van der Waals surface area contributed by atoms with E-state index in [1.165, 1.54) is 19.1 Å². The first kappa shape index (κ1) is 20.3. The van der Waals surface area contributed by atoms with Gasteiger partial charge in [-0.15, -0.1) is 13.2 Å². The van der Waals surface area contributed by atoms with Gasteiger partial charge in [-0.25, -0.2) is 8.78 Å². The number of nitrogens with zero attached hydrogens (tertiary/aromatic N) is 1. The molecule has 0 saturated carbocycles. The molecule has 0 atom stereocenters. The highest BCUT2D eigenvalue weighted by Crippen LogP contribution is 2.29. The number of aryl methyl sites for hydroxylation is 1. The summed E-state index contributed by atoms with van der Waals surface area (Å²) in [6, 6.07) is 7.54. The number of hydrogen-bond acceptors (Lipinski definition) is 4. The second-order valence-corrected chi connectivity index (χ2v) is 6.00. The maximum Gasteiger partial charge on any atom is 0.573 e. The monoisotopic (exact) mass is 412 g/mol. The van der Waals surface area contributed by atoms with Crippen LogP contribution in [0.1, 0.15) is 21.6 Å². The van der Waals surface area contributed by atoms with Crippen molar-refractivity contribution in [2.45, 2.75) is 19.8 Å². The lowest BCUT2D eigenvalue weighted by atomic mass is 10.1. The molecular weight excluding hydrogens is 399 g/mol. The van der Waals surface area contributed by atoms with Gasteiger partial charge in [0, 0.05) is 18.2 Å². The highest BCUT2D eigenvalue weighted by Gasteiger charge is 2.31. The Kier molecular flexibility index (Phi) is 5.53. The Bertz CT molecular complexity index is 1010. The number of aromatic nitrogens is 1. The molecule has 0 aliphatic carbocycles. The second-order valence-electron chi connectivity index (χ2n) is 6.00. The predicted molar refractivity (Wildman–Crippen MR) is 90.9 cm³/mol. The van der Waals surface area contributed by atoms with E-state index >= 15 is 0 Å². The standard InChI is InChI=1S/C19H13F5N2O3/c1-10-16(18(27)25-9-11-6-13(20)8-14(21)7-11)17(29-26-10)12-2-4-15(5-3-12)28-19(22,23)24/h2-8H,9H2,1H3,(H,25,27). The van der Waals surface area contributed by atoms with Gasteiger partial charge in [-0.3, -0.25) is 4.79 Å². The molecule has 0 unspecified atom stereocenters. The van der Waals surface area contributed by atoms with Gasteiger partial charge in [-0.2, -0.15) is 0 Å². The normalized spacial score (nSPS) is 11.4. The van der Waals surface area contributed by atoms with Gasteiger partial charge >= 0.3 is 6.36 Å². The minimum Gasteiger partial charge on any atom is -0.406 e. The number of carbonyl (C=O) groups excluding carboxylic acids is 1. The van der Waals surface area contributed by atoms with Crippen molar-refractivity contribution < 1.29 is 36.0 Å². The van der Waals surface area contributed by atoms with Crippen LogP contribution in [0, 0.1) is 18.6 Å². The summed E-state index contributed by atoms with van der Waals surface area (Å²) in [5, 5.41) is 6.22. The molecule has 3 aromatic rings. The van der Waals surface area contributed by atoms with Crippen LogP contribution in [-0.4, -0.2) is 17.4 Å². The summed E-state index contributed by atoms with van der Waals surface area (Å²) in [5.74, 6) is -2.59. The average molecular weight is 412 g/mol. The molecule has 29 heavy (non-hydrogen) atoms. The highest BCUT2D eigenvalue weighted by atomic mass is 19.4. The number of ether oxygens (including phenoxy) is 1. The van der Waals surface area contributed by atoms with Gasteiger partial charge in [0.2, 0.25) is 0 Å². The van der Waals surface area contributed by atoms with Crippen LogP contribution in [0.5, 0.6) is 5.75 Å². The van der Waals surface area contributed by atoms with E-state index in [4.69, 9.17) is 4.52 Å². The van der Waals surface area contributed by atoms with E-state index in [0.29, 0.717) is 11.6 Å². The lowest BCUT2D eigenvalue weighted by molar-refractivity contribution is -0.274. The maximum atomic E-state index is 13.3. The molecule has 1 N–H and O–H groups in total. The molecule has 1 aromatic heterocycles. The number of hydrogen-bond donors (Lipinski definition) is 1. The summed E-state index contributed by atoms with van der Waals surface area (Å²) >= 11 is 0. The molecule has 0 spiro atoms. The molecule has 5 nitrogen and oxygen atoms in total. The number of nitrogens with one attached hydrogen (secondary N) is 1. The molecule has 0 aliphatic heterocycles. The van der Waals surface area contributed by atoms with Crippen molar-refractivity contribution in [3.05, 3.63) is 70.9 Å². The van der Waals surface area contributed by atoms with Gasteiger partial charge < -0.3 is 14.6 Å². The molecule has 152 valence electrons. The SMILES string of the molecule is Cc1noc(-c2ccc(OC(F)(F)F)cc2)c1C(=O)NCc1cc(F)cc(F)c1. The van der Waals surface area contributed by atoms with Gasteiger partial charge in [0.25, 0.3) is 5.91 Å². The Balaban J connectivity index is 1.79. The van der Waals surface area contributed by atoms with Crippen molar-refractivity contribution in [1.82, 2.24) is 10.5 Å². The molecule has 0 radical (unpaired) electrons. The van der Waals surface area contributed by atoms with Crippen LogP contribution in [0.2, 0.25) is 0 Å². The Morgan fingerprint density at radius 2 is 1.72 bits per heavy atom. The number of halogens is 5. The van der Waals surface area contributed by atoms with Crippen LogP contribution >= 0.6 is 0 Å². The van der Waals surface area contributed by atoms with Crippen LogP contribution < -0.4 is 10.1 Å². The third-order valence-corrected chi connectivity index (χ3v) is 3.82. The summed E-state index contributed by atoms with van der Waals surface area (Å²) in [7, 11) is 0. The number of alkyl halides is 3. The van der Waals surface area contributed by atoms with E-state index < -0.39 is 29.7 Å². The third kappa shape index (κ3) is 5.09. The Labute approximate surface area is 161 Å². The first-order valence-corrected chi connectivity index (χ1v) is 8.18. The van der Waals surface area contributed by atoms with Gasteiger partial charge in [0.05, 0.1) is 5.69 Å². The fraction of sp³-hybridized carbons (Fsp3) is 0.158. The predicted octanol–water partition coefficient (Wildman–Crippen LogP) is 4.76. The lowest BCUT2D eigenvalue weighted by Gasteiger charge is -2.09. The largest absolute Gasteiger partial charge is 0.573 e. The number of benzene rings is 2. The van der Waals surface area contributed by atoms with Gasteiger partial charge in [-0.05, 0) is 48.9 Å². The molecular formula is C19H13F5N2O3. The molecule has 1 amide bonds. The van der Waals surface area contributed by atoms with E-state index in [0.717, 1.165) is 24.3 Å². The maximum absolute atomic E-state index is 13.3. The minimum atomic E-state index is -4.83. The zero-order valence-electron chi connectivity index (χ0n) is 14.8. The van der Waals surface area contributed by atoms with Crippen molar-refractivity contribution in [2.24, 2.45) is 0 Å². The van der Waals surface area contributed by atoms with E-state index in [9.17, 15) is 26.7 Å². The molecule has 10 heteroatoms. The van der Waals surface area contributed by atoms with Gasteiger partial charge in [0.15, 0.2) is 5.76 Å². The van der Waals surface area contributed by atoms with Crippen LogP contribution in [-0.2, 0) is 6.54 Å². The Hall–Kier alpha value is -3.43. The van der Waals surface area contributed by atoms with Crippen molar-refractivity contribution >= 4 is 5.91 Å². The zero-order chi connectivity index (χ0) is 21.2. The summed E-state index contributed by atoms with van der Waals surface area (Å²) in [5.41, 5.74) is 0.784. The van der Waals surface area contributed by atoms with E-state index in [-0.39, 0.29) is 29.1 Å². The fourth-order valence-electron chi connectivity index (χ4n) is 2.63. The van der Waals surface area contributed by atoms with Crippen molar-refractivity contribution in [3.8, 4) is 17.1 Å². The topological polar surface area (TPSA) is 64.4 Å². The highest BCUT2D eigenvalue weighted by molar-refractivity contribution is 6.00. The first-order valence-electron chi connectivity index (χ1n) is 8.18. The minimum absolute atomic E-state index is 0.0315. The van der Waals surface area contributed by atoms with Crippen molar-refractivity contribution in [2.75, 3.05) is 0 Å². The van der Waals surface area contributed by atoms with Crippen LogP contribution in [0.15, 0.2) is 47.0 Å². The molecule has 0 saturated heterocycles. The second kappa shape index (κ2) is 7.90. The fourth-order valence-corrected chi connectivity index (χ4v) is 2.63. The number of rotatable bonds is 5. The average Bonchev–Trinajstić information content (AvgIpc) is 3.00. The molecule has 0 aliphatic rings. The lowest BCUT2D eigenvalue weighted by Crippen LogP contribution is -2.23. The van der Waals surface area contributed by atoms with Crippen molar-refractivity contribution in [3.63, 3.8) is 0 Å². The molecule has 0 bridgehead atoms. The van der Waals surface area contributed by atoms with E-state index in [1.54, 1.807) is 0 Å². The summed E-state index contributed by atoms with van der Waals surface area (Å²) in [4.78, 5) is 12.5. The summed E-state index contributed by atoms with van der Waals surface area (Å²) < 4.78 is 72.2. The smallest absolute Gasteiger partial charge is 0.406 e. The number of carbonyl (C=O) groups is 1. The van der Waals surface area contributed by atoms with Crippen LogP contribution in [0.4, 0.5) is 22.0 Å². The zero-order valence-corrected chi connectivity index (χ0v) is 14.8. The molecule has 0 fully saturated rings.